The van der Waals surface area contributed by atoms with E-state index in [4.69, 9.17) is 34.7 Å². The maximum absolute atomic E-state index is 13.5. The van der Waals surface area contributed by atoms with Gasteiger partial charge in [0.15, 0.2) is 0 Å². The van der Waals surface area contributed by atoms with Crippen molar-refractivity contribution in [1.29, 1.82) is 0 Å². The van der Waals surface area contributed by atoms with Crippen LogP contribution in [0.4, 0.5) is 4.39 Å². The molecule has 46 heavy (non-hydrogen) atoms. The van der Waals surface area contributed by atoms with Gasteiger partial charge in [-0.05, 0) is 74.5 Å². The topological polar surface area (TPSA) is 187 Å². The lowest BCUT2D eigenvalue weighted by Crippen LogP contribution is -2.53. The fourth-order valence-corrected chi connectivity index (χ4v) is 5.16. The predicted molar refractivity (Wildman–Crippen MR) is 173 cm³/mol. The van der Waals surface area contributed by atoms with E-state index in [9.17, 15) is 23.6 Å². The zero-order valence-electron chi connectivity index (χ0n) is 25.9. The number of unbranched alkanes of at least 4 members (excludes halogenated alkanes) is 1. The number of hydrogen-bond acceptors (Lipinski definition) is 7. The second kappa shape index (κ2) is 17.0. The molecule has 2 aromatic carbocycles. The first-order chi connectivity index (χ1) is 21.8. The second-order valence-corrected chi connectivity index (χ2v) is 12.1. The molecule has 1 aromatic heterocycles. The van der Waals surface area contributed by atoms with E-state index in [1.807, 2.05) is 13.8 Å². The number of primary amides is 1. The SMILES string of the molecule is Cc1nc(C(=O)N[C@@H](CCCCN)C(=O)NC(CC(=O)N[C@@H](Cc2ccc(F)cc2)C(N)=O)C(C)C)nn1-c1cc(Cl)cc(Cl)c1. The minimum atomic E-state index is -1.04. The number of amides is 4. The lowest BCUT2D eigenvalue weighted by molar-refractivity contribution is -0.128. The largest absolute Gasteiger partial charge is 0.368 e. The molecule has 1 unspecified atom stereocenters. The third-order valence-corrected chi connectivity index (χ3v) is 7.64. The first kappa shape index (κ1) is 36.4. The number of hydrogen-bond donors (Lipinski definition) is 5. The molecule has 0 spiro atoms. The number of benzene rings is 2. The van der Waals surface area contributed by atoms with Crippen LogP contribution >= 0.6 is 23.2 Å². The minimum absolute atomic E-state index is 0.0723. The molecule has 15 heteroatoms. The lowest BCUT2D eigenvalue weighted by Gasteiger charge is -2.26. The standard InChI is InChI=1S/C31H39Cl2FN8O4/c1-17(2)25(16-27(43)38-26(28(36)44)12-19-7-9-22(34)10-8-19)40-30(45)24(6-4-5-11-35)39-31(46)29-37-18(3)42(41-29)23-14-20(32)13-21(33)15-23/h7-10,13-15,17,24-26H,4-6,11-12,16,35H2,1-3H3,(H2,36,44)(H,38,43)(H,39,46)(H,40,45)/t24-,25?,26-/m0/s1. The van der Waals surface area contributed by atoms with E-state index < -0.39 is 47.6 Å². The highest BCUT2D eigenvalue weighted by molar-refractivity contribution is 6.34. The Balaban J connectivity index is 1.71. The van der Waals surface area contributed by atoms with E-state index in [1.54, 1.807) is 25.1 Å². The van der Waals surface area contributed by atoms with E-state index in [0.717, 1.165) is 0 Å². The third-order valence-electron chi connectivity index (χ3n) is 7.20. The molecule has 7 N–H and O–H groups in total. The number of nitrogens with one attached hydrogen (secondary N) is 3. The van der Waals surface area contributed by atoms with Gasteiger partial charge in [0.1, 0.15) is 23.7 Å². The minimum Gasteiger partial charge on any atom is -0.368 e. The molecule has 3 rings (SSSR count). The van der Waals surface area contributed by atoms with E-state index in [2.05, 4.69) is 26.0 Å². The van der Waals surface area contributed by atoms with Crippen molar-refractivity contribution in [3.63, 3.8) is 0 Å². The van der Waals surface area contributed by atoms with Crippen molar-refractivity contribution < 1.29 is 23.6 Å². The molecule has 0 aliphatic carbocycles. The summed E-state index contributed by atoms with van der Waals surface area (Å²) in [6, 6.07) is 7.65. The van der Waals surface area contributed by atoms with E-state index >= 15 is 0 Å². The van der Waals surface area contributed by atoms with Crippen LogP contribution in [0.15, 0.2) is 42.5 Å². The highest BCUT2D eigenvalue weighted by Crippen LogP contribution is 2.22. The quantitative estimate of drug-likeness (QED) is 0.144. The van der Waals surface area contributed by atoms with Gasteiger partial charge in [-0.2, -0.15) is 0 Å². The lowest BCUT2D eigenvalue weighted by atomic mass is 9.98. The number of aryl methyl sites for hydroxylation is 1. The number of halogens is 3. The van der Waals surface area contributed by atoms with Crippen molar-refractivity contribution in [2.24, 2.45) is 17.4 Å². The third kappa shape index (κ3) is 10.8. The van der Waals surface area contributed by atoms with Crippen molar-refractivity contribution in [3.05, 3.63) is 75.5 Å². The van der Waals surface area contributed by atoms with Crippen molar-refractivity contribution in [2.45, 2.75) is 71.0 Å². The molecule has 0 saturated carbocycles. The molecule has 12 nitrogen and oxygen atoms in total. The molecule has 3 aromatic rings. The van der Waals surface area contributed by atoms with Crippen LogP contribution in [0.25, 0.3) is 5.69 Å². The zero-order chi connectivity index (χ0) is 34.0. The Morgan fingerprint density at radius 2 is 1.61 bits per heavy atom. The zero-order valence-corrected chi connectivity index (χ0v) is 27.4. The fraction of sp³-hybridized carbons (Fsp3) is 0.419. The highest BCUT2D eigenvalue weighted by atomic mass is 35.5. The number of aromatic nitrogens is 3. The monoisotopic (exact) mass is 676 g/mol. The smallest absolute Gasteiger partial charge is 0.291 e. The van der Waals surface area contributed by atoms with Gasteiger partial charge in [-0.15, -0.1) is 5.10 Å². The molecule has 0 bridgehead atoms. The van der Waals surface area contributed by atoms with Crippen LogP contribution in [0.1, 0.15) is 61.5 Å². The molecule has 4 amide bonds. The van der Waals surface area contributed by atoms with Gasteiger partial charge in [-0.25, -0.2) is 14.1 Å². The summed E-state index contributed by atoms with van der Waals surface area (Å²) in [6.07, 6.45) is 1.36. The number of nitrogens with two attached hydrogens (primary N) is 2. The van der Waals surface area contributed by atoms with Crippen LogP contribution in [0.3, 0.4) is 0 Å². The van der Waals surface area contributed by atoms with Crippen molar-refractivity contribution in [1.82, 2.24) is 30.7 Å². The summed E-state index contributed by atoms with van der Waals surface area (Å²) >= 11 is 12.2. The number of carbonyl (C=O) groups is 4. The molecule has 0 fully saturated rings. The molecule has 0 saturated heterocycles. The Kier molecular flexibility index (Phi) is 13.5. The van der Waals surface area contributed by atoms with E-state index in [1.165, 1.54) is 28.9 Å². The first-order valence-corrected chi connectivity index (χ1v) is 15.6. The van der Waals surface area contributed by atoms with Crippen molar-refractivity contribution in [3.8, 4) is 5.69 Å². The Bertz CT molecular complexity index is 1510. The van der Waals surface area contributed by atoms with Gasteiger partial charge >= 0.3 is 0 Å². The fourth-order valence-electron chi connectivity index (χ4n) is 4.65. The summed E-state index contributed by atoms with van der Waals surface area (Å²) in [6.45, 7) is 5.71. The summed E-state index contributed by atoms with van der Waals surface area (Å²) < 4.78 is 14.7. The highest BCUT2D eigenvalue weighted by Gasteiger charge is 2.29. The summed E-state index contributed by atoms with van der Waals surface area (Å²) in [5.41, 5.74) is 12.3. The molecule has 248 valence electrons. The molecule has 0 aliphatic rings. The molecule has 1 heterocycles. The Hall–Kier alpha value is -4.07. The average Bonchev–Trinajstić information content (AvgIpc) is 3.38. The van der Waals surface area contributed by atoms with Crippen LogP contribution in [-0.2, 0) is 20.8 Å². The molecule has 3 atom stereocenters. The second-order valence-electron chi connectivity index (χ2n) is 11.2. The normalized spacial score (nSPS) is 13.1. The summed E-state index contributed by atoms with van der Waals surface area (Å²) in [4.78, 5) is 56.0. The van der Waals surface area contributed by atoms with Gasteiger partial charge in [-0.1, -0.05) is 49.2 Å². The van der Waals surface area contributed by atoms with Gasteiger partial charge in [0, 0.05) is 28.9 Å². The number of nitrogens with zero attached hydrogens (tertiary/aromatic N) is 3. The summed E-state index contributed by atoms with van der Waals surface area (Å²) in [5.74, 6) is -2.84. The predicted octanol–water partition coefficient (Wildman–Crippen LogP) is 2.99. The maximum Gasteiger partial charge on any atom is 0.291 e. The van der Waals surface area contributed by atoms with Gasteiger partial charge < -0.3 is 27.4 Å². The van der Waals surface area contributed by atoms with Gasteiger partial charge in [-0.3, -0.25) is 19.2 Å². The van der Waals surface area contributed by atoms with Crippen LogP contribution < -0.4 is 27.4 Å². The van der Waals surface area contributed by atoms with Crippen LogP contribution in [-0.4, -0.2) is 63.1 Å². The molecular weight excluding hydrogens is 638 g/mol. The Labute approximate surface area is 276 Å². The van der Waals surface area contributed by atoms with Crippen molar-refractivity contribution in [2.75, 3.05) is 6.54 Å². The number of carbonyl (C=O) groups excluding carboxylic acids is 4. The molecular formula is C31H39Cl2FN8O4. The van der Waals surface area contributed by atoms with Crippen LogP contribution in [0.2, 0.25) is 10.0 Å². The average molecular weight is 678 g/mol. The summed E-state index contributed by atoms with van der Waals surface area (Å²) in [5, 5.41) is 13.2. The van der Waals surface area contributed by atoms with E-state index in [0.29, 0.717) is 46.5 Å². The maximum atomic E-state index is 13.5. The van der Waals surface area contributed by atoms with Crippen LogP contribution in [0, 0.1) is 18.7 Å². The Morgan fingerprint density at radius 3 is 2.20 bits per heavy atom. The van der Waals surface area contributed by atoms with Crippen LogP contribution in [0.5, 0.6) is 0 Å². The Morgan fingerprint density at radius 1 is 0.957 bits per heavy atom. The van der Waals surface area contributed by atoms with Gasteiger partial charge in [0.2, 0.25) is 23.5 Å². The molecule has 0 radical (unpaired) electrons. The van der Waals surface area contributed by atoms with Gasteiger partial charge in [0.25, 0.3) is 5.91 Å². The first-order valence-electron chi connectivity index (χ1n) is 14.8. The van der Waals surface area contributed by atoms with Crippen molar-refractivity contribution >= 4 is 46.8 Å². The van der Waals surface area contributed by atoms with Gasteiger partial charge in [0.05, 0.1) is 5.69 Å². The molecule has 0 aliphatic heterocycles. The summed E-state index contributed by atoms with van der Waals surface area (Å²) in [7, 11) is 0. The van der Waals surface area contributed by atoms with E-state index in [-0.39, 0.29) is 31.0 Å². The number of rotatable bonds is 16.